The monoisotopic (exact) mass is 353 g/mol. The van der Waals surface area contributed by atoms with E-state index in [0.29, 0.717) is 25.1 Å². The number of halogens is 2. The van der Waals surface area contributed by atoms with Crippen molar-refractivity contribution in [3.8, 4) is 0 Å². The van der Waals surface area contributed by atoms with E-state index in [0.717, 1.165) is 6.07 Å². The largest absolute Gasteiger partial charge is 0.384 e. The number of alkyl halides is 1. The summed E-state index contributed by atoms with van der Waals surface area (Å²) in [6.07, 6.45) is 0.604. The van der Waals surface area contributed by atoms with Gasteiger partial charge in [0.05, 0.1) is 11.5 Å². The van der Waals surface area contributed by atoms with Crippen molar-refractivity contribution >= 4 is 26.0 Å². The van der Waals surface area contributed by atoms with Gasteiger partial charge in [0.15, 0.2) is 0 Å². The first-order chi connectivity index (χ1) is 8.86. The van der Waals surface area contributed by atoms with Crippen LogP contribution in [0.25, 0.3) is 0 Å². The molecule has 0 aliphatic carbocycles. The van der Waals surface area contributed by atoms with E-state index in [9.17, 15) is 12.8 Å². The molecule has 0 bridgehead atoms. The highest BCUT2D eigenvalue weighted by atomic mass is 79.9. The number of nitrogens with one attached hydrogen (secondary N) is 1. The van der Waals surface area contributed by atoms with Crippen LogP contribution in [0.3, 0.4) is 0 Å². The first-order valence-corrected chi connectivity index (χ1v) is 8.15. The molecule has 7 heteroatoms. The number of ether oxygens (including phenoxy) is 1. The Morgan fingerprint density at radius 3 is 2.74 bits per heavy atom. The standard InChI is InChI=1S/C12H17BrFNO3S/c1-9-7-11(14)3-4-12(9)19(16,17)15-6-5-10(13)8-18-2/h3-4,7,10,15H,5-6,8H2,1-2H3. The van der Waals surface area contributed by atoms with Gasteiger partial charge < -0.3 is 4.74 Å². The topological polar surface area (TPSA) is 55.4 Å². The number of benzene rings is 1. The number of hydrogen-bond acceptors (Lipinski definition) is 3. The van der Waals surface area contributed by atoms with Crippen molar-refractivity contribution in [2.45, 2.75) is 23.1 Å². The van der Waals surface area contributed by atoms with Crippen molar-refractivity contribution < 1.29 is 17.5 Å². The molecule has 0 spiro atoms. The van der Waals surface area contributed by atoms with Gasteiger partial charge in [-0.3, -0.25) is 0 Å². The Hall–Kier alpha value is -0.500. The van der Waals surface area contributed by atoms with Crippen LogP contribution in [0.1, 0.15) is 12.0 Å². The SMILES string of the molecule is COCC(Br)CCNS(=O)(=O)c1ccc(F)cc1C. The van der Waals surface area contributed by atoms with Gasteiger partial charge in [0.25, 0.3) is 0 Å². The highest BCUT2D eigenvalue weighted by Crippen LogP contribution is 2.16. The van der Waals surface area contributed by atoms with Crippen molar-refractivity contribution in [2.75, 3.05) is 20.3 Å². The highest BCUT2D eigenvalue weighted by Gasteiger charge is 2.17. The van der Waals surface area contributed by atoms with Crippen LogP contribution in [0.5, 0.6) is 0 Å². The lowest BCUT2D eigenvalue weighted by Gasteiger charge is -2.11. The van der Waals surface area contributed by atoms with Gasteiger partial charge in [0.2, 0.25) is 10.0 Å². The normalized spacial score (nSPS) is 13.5. The summed E-state index contributed by atoms with van der Waals surface area (Å²) in [6, 6.07) is 3.61. The molecule has 0 aliphatic rings. The fourth-order valence-electron chi connectivity index (χ4n) is 1.61. The fraction of sp³-hybridized carbons (Fsp3) is 0.500. The zero-order valence-electron chi connectivity index (χ0n) is 10.8. The lowest BCUT2D eigenvalue weighted by molar-refractivity contribution is 0.199. The Balaban J connectivity index is 2.66. The molecule has 0 aliphatic heterocycles. The molecule has 0 saturated carbocycles. The average molecular weight is 354 g/mol. The molecular formula is C12H17BrFNO3S. The molecule has 1 atom stereocenters. The molecule has 1 aromatic rings. The molecule has 19 heavy (non-hydrogen) atoms. The van der Waals surface area contributed by atoms with Crippen LogP contribution >= 0.6 is 15.9 Å². The van der Waals surface area contributed by atoms with E-state index >= 15 is 0 Å². The molecule has 1 unspecified atom stereocenters. The molecule has 1 rings (SSSR count). The molecule has 0 fully saturated rings. The summed E-state index contributed by atoms with van der Waals surface area (Å²) >= 11 is 3.38. The van der Waals surface area contributed by atoms with Gasteiger partial charge in [0.1, 0.15) is 5.82 Å². The average Bonchev–Trinajstić information content (AvgIpc) is 2.28. The van der Waals surface area contributed by atoms with Gasteiger partial charge in [-0.05, 0) is 37.1 Å². The third kappa shape index (κ3) is 5.18. The van der Waals surface area contributed by atoms with Gasteiger partial charge >= 0.3 is 0 Å². The minimum atomic E-state index is -3.60. The van der Waals surface area contributed by atoms with Gasteiger partial charge in [0, 0.05) is 18.5 Å². The molecular weight excluding hydrogens is 337 g/mol. The zero-order valence-corrected chi connectivity index (χ0v) is 13.2. The first kappa shape index (κ1) is 16.6. The summed E-state index contributed by atoms with van der Waals surface area (Å²) in [5.74, 6) is -0.447. The molecule has 4 nitrogen and oxygen atoms in total. The van der Waals surface area contributed by atoms with Gasteiger partial charge in [-0.25, -0.2) is 17.5 Å². The summed E-state index contributed by atoms with van der Waals surface area (Å²) in [5, 5.41) is 0. The Bertz CT molecular complexity index is 522. The van der Waals surface area contributed by atoms with Crippen LogP contribution in [-0.2, 0) is 14.8 Å². The number of rotatable bonds is 7. The van der Waals surface area contributed by atoms with E-state index < -0.39 is 15.8 Å². The molecule has 0 aromatic heterocycles. The van der Waals surface area contributed by atoms with Crippen molar-refractivity contribution in [3.63, 3.8) is 0 Å². The van der Waals surface area contributed by atoms with Crippen LogP contribution in [0.4, 0.5) is 4.39 Å². The van der Waals surface area contributed by atoms with E-state index in [1.54, 1.807) is 14.0 Å². The van der Waals surface area contributed by atoms with E-state index in [1.165, 1.54) is 12.1 Å². The first-order valence-electron chi connectivity index (χ1n) is 5.75. The number of methoxy groups -OCH3 is 1. The van der Waals surface area contributed by atoms with Crippen molar-refractivity contribution in [3.05, 3.63) is 29.6 Å². The highest BCUT2D eigenvalue weighted by molar-refractivity contribution is 9.09. The summed E-state index contributed by atoms with van der Waals surface area (Å²) in [7, 11) is -2.01. The van der Waals surface area contributed by atoms with E-state index in [2.05, 4.69) is 20.7 Å². The van der Waals surface area contributed by atoms with Crippen LogP contribution in [0.2, 0.25) is 0 Å². The second-order valence-electron chi connectivity index (χ2n) is 4.15. The van der Waals surface area contributed by atoms with Gasteiger partial charge in [-0.1, -0.05) is 15.9 Å². The second kappa shape index (κ2) is 7.33. The van der Waals surface area contributed by atoms with E-state index in [-0.39, 0.29) is 9.72 Å². The summed E-state index contributed by atoms with van der Waals surface area (Å²) in [5.41, 5.74) is 0.389. The third-order valence-corrected chi connectivity index (χ3v) is 4.87. The van der Waals surface area contributed by atoms with Crippen LogP contribution in [0.15, 0.2) is 23.1 Å². The molecule has 1 aromatic carbocycles. The van der Waals surface area contributed by atoms with E-state index in [4.69, 9.17) is 4.74 Å². The Labute approximate surface area is 121 Å². The molecule has 0 radical (unpaired) electrons. The smallest absolute Gasteiger partial charge is 0.240 e. The fourth-order valence-corrected chi connectivity index (χ4v) is 3.37. The Kier molecular flexibility index (Phi) is 6.38. The lowest BCUT2D eigenvalue weighted by Crippen LogP contribution is -2.27. The predicted molar refractivity (Wildman–Crippen MR) is 75.5 cm³/mol. The molecule has 0 heterocycles. The van der Waals surface area contributed by atoms with Crippen molar-refractivity contribution in [2.24, 2.45) is 0 Å². The lowest BCUT2D eigenvalue weighted by atomic mass is 10.2. The van der Waals surface area contributed by atoms with Crippen molar-refractivity contribution in [1.82, 2.24) is 4.72 Å². The summed E-state index contributed by atoms with van der Waals surface area (Å²) in [6.45, 7) is 2.37. The van der Waals surface area contributed by atoms with Crippen LogP contribution in [0, 0.1) is 12.7 Å². The summed E-state index contributed by atoms with van der Waals surface area (Å²) in [4.78, 5) is 0.196. The number of aryl methyl sites for hydroxylation is 1. The Morgan fingerprint density at radius 1 is 1.47 bits per heavy atom. The van der Waals surface area contributed by atoms with E-state index in [1.807, 2.05) is 0 Å². The minimum Gasteiger partial charge on any atom is -0.384 e. The predicted octanol–water partition coefficient (Wildman–Crippen LogP) is 2.21. The van der Waals surface area contributed by atoms with Crippen LogP contribution in [-0.4, -0.2) is 33.5 Å². The second-order valence-corrected chi connectivity index (χ2v) is 7.18. The molecule has 108 valence electrons. The third-order valence-electron chi connectivity index (χ3n) is 2.52. The maximum atomic E-state index is 12.9. The zero-order chi connectivity index (χ0) is 14.5. The maximum Gasteiger partial charge on any atom is 0.240 e. The minimum absolute atomic E-state index is 0.0921. The molecule has 1 N–H and O–H groups in total. The van der Waals surface area contributed by atoms with Gasteiger partial charge in [-0.2, -0.15) is 0 Å². The van der Waals surface area contributed by atoms with Gasteiger partial charge in [-0.15, -0.1) is 0 Å². The summed E-state index contributed by atoms with van der Waals surface area (Å²) < 4.78 is 44.4. The molecule has 0 amide bonds. The maximum absolute atomic E-state index is 12.9. The number of hydrogen-bond donors (Lipinski definition) is 1. The Morgan fingerprint density at radius 2 is 2.16 bits per heavy atom. The van der Waals surface area contributed by atoms with Crippen molar-refractivity contribution in [1.29, 1.82) is 0 Å². The van der Waals surface area contributed by atoms with Crippen LogP contribution < -0.4 is 4.72 Å². The number of sulfonamides is 1. The molecule has 0 saturated heterocycles. The quantitative estimate of drug-likeness (QED) is 0.764.